The lowest BCUT2D eigenvalue weighted by molar-refractivity contribution is -0.111. The van der Waals surface area contributed by atoms with Crippen LogP contribution in [0.1, 0.15) is 12.5 Å². The molecule has 2 rings (SSSR count). The predicted molar refractivity (Wildman–Crippen MR) is 81.9 cm³/mol. The smallest absolute Gasteiger partial charge is 0.250 e. The van der Waals surface area contributed by atoms with Gasteiger partial charge in [0.2, 0.25) is 11.1 Å². The van der Waals surface area contributed by atoms with Gasteiger partial charge in [-0.05, 0) is 29.5 Å². The number of nitrogens with one attached hydrogen (secondary N) is 2. The molecule has 1 aromatic carbocycles. The first-order valence-corrected chi connectivity index (χ1v) is 7.33. The number of carbonyl (C=O) groups is 1. The van der Waals surface area contributed by atoms with Gasteiger partial charge in [0.05, 0.1) is 0 Å². The van der Waals surface area contributed by atoms with E-state index in [0.717, 1.165) is 11.3 Å². The highest BCUT2D eigenvalue weighted by Gasteiger charge is 2.04. The first-order chi connectivity index (χ1) is 9.67. The monoisotopic (exact) mass is 308 g/mol. The van der Waals surface area contributed by atoms with Crippen LogP contribution in [0.15, 0.2) is 35.5 Å². The third-order valence-corrected chi connectivity index (χ3v) is 3.22. The van der Waals surface area contributed by atoms with Crippen molar-refractivity contribution in [1.82, 2.24) is 15.2 Å². The highest BCUT2D eigenvalue weighted by atomic mass is 35.5. The summed E-state index contributed by atoms with van der Waals surface area (Å²) in [6.45, 7) is 2.01. The Hall–Kier alpha value is -1.79. The van der Waals surface area contributed by atoms with Gasteiger partial charge in [-0.15, -0.1) is 5.10 Å². The fraction of sp³-hybridized carbons (Fsp3) is 0.154. The van der Waals surface area contributed by atoms with Crippen molar-refractivity contribution >= 4 is 41.3 Å². The maximum atomic E-state index is 11.7. The SMILES string of the molecule is CCSc1n[nH]c(NC(=O)/C=C/c2cccc(Cl)c2)n1. The molecule has 0 saturated heterocycles. The minimum atomic E-state index is -0.283. The number of carbonyl (C=O) groups excluding carboxylic acids is 1. The van der Waals surface area contributed by atoms with Crippen molar-refractivity contribution in [2.24, 2.45) is 0 Å². The second-order valence-electron chi connectivity index (χ2n) is 3.78. The summed E-state index contributed by atoms with van der Waals surface area (Å²) in [5, 5.41) is 10.5. The van der Waals surface area contributed by atoms with E-state index >= 15 is 0 Å². The van der Waals surface area contributed by atoms with Crippen LogP contribution in [0, 0.1) is 0 Å². The minimum absolute atomic E-state index is 0.283. The van der Waals surface area contributed by atoms with Crippen LogP contribution in [-0.2, 0) is 4.79 Å². The molecule has 104 valence electrons. The molecular weight excluding hydrogens is 296 g/mol. The van der Waals surface area contributed by atoms with Gasteiger partial charge >= 0.3 is 0 Å². The van der Waals surface area contributed by atoms with E-state index in [4.69, 9.17) is 11.6 Å². The molecule has 20 heavy (non-hydrogen) atoms. The van der Waals surface area contributed by atoms with Crippen molar-refractivity contribution in [3.63, 3.8) is 0 Å². The highest BCUT2D eigenvalue weighted by molar-refractivity contribution is 7.99. The van der Waals surface area contributed by atoms with Crippen molar-refractivity contribution in [1.29, 1.82) is 0 Å². The molecule has 7 heteroatoms. The average Bonchev–Trinajstić information content (AvgIpc) is 2.84. The summed E-state index contributed by atoms with van der Waals surface area (Å²) in [7, 11) is 0. The van der Waals surface area contributed by atoms with Crippen LogP contribution in [0.3, 0.4) is 0 Å². The number of H-pyrrole nitrogens is 1. The summed E-state index contributed by atoms with van der Waals surface area (Å²) in [5.41, 5.74) is 0.854. The molecule has 0 saturated carbocycles. The van der Waals surface area contributed by atoms with Crippen LogP contribution < -0.4 is 5.32 Å². The van der Waals surface area contributed by atoms with Gasteiger partial charge in [-0.2, -0.15) is 4.98 Å². The molecule has 1 amide bonds. The maximum Gasteiger partial charge on any atom is 0.250 e. The fourth-order valence-corrected chi connectivity index (χ4v) is 2.16. The summed E-state index contributed by atoms with van der Waals surface area (Å²) >= 11 is 7.36. The molecule has 2 N–H and O–H groups in total. The molecule has 0 spiro atoms. The molecular formula is C13H13ClN4OS. The largest absolute Gasteiger partial charge is 0.291 e. The number of aromatic nitrogens is 3. The molecule has 0 aliphatic rings. The van der Waals surface area contributed by atoms with Gasteiger partial charge in [0, 0.05) is 11.1 Å². The zero-order chi connectivity index (χ0) is 14.4. The molecule has 0 radical (unpaired) electrons. The number of benzene rings is 1. The Bertz CT molecular complexity index is 626. The summed E-state index contributed by atoms with van der Waals surface area (Å²) in [6, 6.07) is 7.24. The first-order valence-electron chi connectivity index (χ1n) is 5.97. The number of amides is 1. The molecule has 0 unspecified atom stereocenters. The normalized spacial score (nSPS) is 10.9. The number of anilines is 1. The molecule has 0 aliphatic heterocycles. The van der Waals surface area contributed by atoms with E-state index in [9.17, 15) is 4.79 Å². The van der Waals surface area contributed by atoms with Gasteiger partial charge in [-0.25, -0.2) is 5.10 Å². The van der Waals surface area contributed by atoms with E-state index in [-0.39, 0.29) is 5.91 Å². The Morgan fingerprint density at radius 3 is 3.15 bits per heavy atom. The highest BCUT2D eigenvalue weighted by Crippen LogP contribution is 2.13. The number of nitrogens with zero attached hydrogens (tertiary/aromatic N) is 2. The van der Waals surface area contributed by atoms with E-state index in [1.165, 1.54) is 17.8 Å². The second-order valence-corrected chi connectivity index (χ2v) is 5.44. The molecule has 0 fully saturated rings. The third kappa shape index (κ3) is 4.40. The van der Waals surface area contributed by atoms with Gasteiger partial charge in [0.25, 0.3) is 5.91 Å². The standard InChI is InChI=1S/C13H13ClN4OS/c1-2-20-13-16-12(17-18-13)15-11(19)7-6-9-4-3-5-10(14)8-9/h3-8H,2H2,1H3,(H2,15,16,17,18,19)/b7-6+. The summed E-state index contributed by atoms with van der Waals surface area (Å²) in [5.74, 6) is 0.927. The molecule has 0 bridgehead atoms. The lowest BCUT2D eigenvalue weighted by atomic mass is 10.2. The summed E-state index contributed by atoms with van der Waals surface area (Å²) in [6.07, 6.45) is 3.10. The zero-order valence-corrected chi connectivity index (χ0v) is 12.3. The van der Waals surface area contributed by atoms with Crippen LogP contribution in [0.2, 0.25) is 5.02 Å². The molecule has 5 nitrogen and oxygen atoms in total. The Balaban J connectivity index is 1.94. The molecule has 1 heterocycles. The van der Waals surface area contributed by atoms with Crippen LogP contribution in [-0.4, -0.2) is 26.8 Å². The van der Waals surface area contributed by atoms with Gasteiger partial charge in [-0.1, -0.05) is 42.4 Å². The Morgan fingerprint density at radius 1 is 1.55 bits per heavy atom. The number of hydrogen-bond acceptors (Lipinski definition) is 4. The van der Waals surface area contributed by atoms with E-state index in [1.807, 2.05) is 19.1 Å². The first kappa shape index (κ1) is 14.6. The lowest BCUT2D eigenvalue weighted by Gasteiger charge is -1.96. The van der Waals surface area contributed by atoms with Crippen molar-refractivity contribution in [3.8, 4) is 0 Å². The summed E-state index contributed by atoms with van der Waals surface area (Å²) in [4.78, 5) is 15.8. The number of thioether (sulfide) groups is 1. The predicted octanol–water partition coefficient (Wildman–Crippen LogP) is 3.22. The van der Waals surface area contributed by atoms with Gasteiger partial charge < -0.3 is 0 Å². The van der Waals surface area contributed by atoms with Gasteiger partial charge in [0.15, 0.2) is 0 Å². The molecule has 1 aromatic heterocycles. The lowest BCUT2D eigenvalue weighted by Crippen LogP contribution is -2.09. The van der Waals surface area contributed by atoms with E-state index in [0.29, 0.717) is 16.1 Å². The maximum absolute atomic E-state index is 11.7. The Labute approximate surface area is 125 Å². The van der Waals surface area contributed by atoms with Gasteiger partial charge in [-0.3, -0.25) is 10.1 Å². The summed E-state index contributed by atoms with van der Waals surface area (Å²) < 4.78 is 0. The minimum Gasteiger partial charge on any atom is -0.291 e. The number of rotatable bonds is 5. The van der Waals surface area contributed by atoms with Crippen molar-refractivity contribution in [3.05, 3.63) is 40.9 Å². The second kappa shape index (κ2) is 7.12. The van der Waals surface area contributed by atoms with Crippen LogP contribution in [0.5, 0.6) is 0 Å². The topological polar surface area (TPSA) is 70.7 Å². The fourth-order valence-electron chi connectivity index (χ4n) is 1.44. The van der Waals surface area contributed by atoms with E-state index in [1.54, 1.807) is 18.2 Å². The molecule has 0 aliphatic carbocycles. The van der Waals surface area contributed by atoms with Crippen LogP contribution in [0.4, 0.5) is 5.95 Å². The Kier molecular flexibility index (Phi) is 5.20. The zero-order valence-electron chi connectivity index (χ0n) is 10.8. The van der Waals surface area contributed by atoms with Gasteiger partial charge in [0.1, 0.15) is 0 Å². The number of hydrogen-bond donors (Lipinski definition) is 2. The van der Waals surface area contributed by atoms with E-state index < -0.39 is 0 Å². The quantitative estimate of drug-likeness (QED) is 0.657. The number of aromatic amines is 1. The van der Waals surface area contributed by atoms with Crippen molar-refractivity contribution in [2.45, 2.75) is 12.1 Å². The molecule has 0 atom stereocenters. The average molecular weight is 309 g/mol. The molecule has 2 aromatic rings. The number of halogens is 1. The third-order valence-electron chi connectivity index (χ3n) is 2.26. The van der Waals surface area contributed by atoms with Crippen LogP contribution >= 0.6 is 23.4 Å². The van der Waals surface area contributed by atoms with E-state index in [2.05, 4.69) is 20.5 Å². The van der Waals surface area contributed by atoms with Crippen molar-refractivity contribution < 1.29 is 4.79 Å². The van der Waals surface area contributed by atoms with Crippen molar-refractivity contribution in [2.75, 3.05) is 11.1 Å². The van der Waals surface area contributed by atoms with Crippen LogP contribution in [0.25, 0.3) is 6.08 Å². The Morgan fingerprint density at radius 2 is 2.40 bits per heavy atom.